The summed E-state index contributed by atoms with van der Waals surface area (Å²) in [7, 11) is 0. The summed E-state index contributed by atoms with van der Waals surface area (Å²) in [6.07, 6.45) is 0. The van der Waals surface area contributed by atoms with Crippen molar-refractivity contribution in [3.63, 3.8) is 0 Å². The highest BCUT2D eigenvalue weighted by atomic mass is 32.1. The van der Waals surface area contributed by atoms with Crippen molar-refractivity contribution in [1.82, 2.24) is 0 Å². The summed E-state index contributed by atoms with van der Waals surface area (Å²) in [6.45, 7) is 0. The molecule has 53 heavy (non-hydrogen) atoms. The molecule has 0 saturated heterocycles. The van der Waals surface area contributed by atoms with Crippen LogP contribution in [0.25, 0.3) is 85.9 Å². The number of nitrogens with zero attached hydrogens (tertiary/aromatic N) is 1. The fraction of sp³-hybridized carbons (Fsp3) is 0. The largest absolute Gasteiger partial charge is 0.455 e. The standard InChI is InChI=1S/C50H31NOS/c1-2-14-36(15-3-1)51(45-22-10-13-33-12-4-5-16-37(33)45)46-31-44-43-30-35(28-29-48(43)53-50(44)42-19-7-6-17-39(42)46)32-24-26-34(27-25-32)38-20-11-21-41-40-18-8-9-23-47(40)52-49(38)41/h1-31H. The van der Waals surface area contributed by atoms with E-state index in [1.807, 2.05) is 23.5 Å². The van der Waals surface area contributed by atoms with Crippen molar-refractivity contribution in [3.05, 3.63) is 188 Å². The van der Waals surface area contributed by atoms with Crippen molar-refractivity contribution < 1.29 is 4.42 Å². The Labute approximate surface area is 310 Å². The Balaban J connectivity index is 1.08. The van der Waals surface area contributed by atoms with E-state index >= 15 is 0 Å². The van der Waals surface area contributed by atoms with E-state index in [9.17, 15) is 0 Å². The molecule has 0 amide bonds. The zero-order valence-electron chi connectivity index (χ0n) is 28.7. The van der Waals surface area contributed by atoms with Gasteiger partial charge in [-0.1, -0.05) is 146 Å². The second-order valence-electron chi connectivity index (χ2n) is 13.7. The van der Waals surface area contributed by atoms with Gasteiger partial charge in [0.1, 0.15) is 11.2 Å². The first-order valence-corrected chi connectivity index (χ1v) is 18.8. The van der Waals surface area contributed by atoms with Gasteiger partial charge in [0.15, 0.2) is 0 Å². The Morgan fingerprint density at radius 3 is 1.92 bits per heavy atom. The average molecular weight is 694 g/mol. The first-order valence-electron chi connectivity index (χ1n) is 18.0. The lowest BCUT2D eigenvalue weighted by atomic mass is 9.97. The smallest absolute Gasteiger partial charge is 0.143 e. The Morgan fingerprint density at radius 1 is 0.396 bits per heavy atom. The van der Waals surface area contributed by atoms with Crippen molar-refractivity contribution in [2.45, 2.75) is 0 Å². The molecule has 0 unspecified atom stereocenters. The van der Waals surface area contributed by atoms with Crippen LogP contribution < -0.4 is 4.90 Å². The molecular formula is C50H31NOS. The van der Waals surface area contributed by atoms with Crippen molar-refractivity contribution in [2.75, 3.05) is 4.90 Å². The maximum Gasteiger partial charge on any atom is 0.143 e. The highest BCUT2D eigenvalue weighted by molar-refractivity contribution is 7.26. The van der Waals surface area contributed by atoms with E-state index in [2.05, 4.69) is 181 Å². The van der Waals surface area contributed by atoms with Gasteiger partial charge in [0.25, 0.3) is 0 Å². The quantitative estimate of drug-likeness (QED) is 0.178. The summed E-state index contributed by atoms with van der Waals surface area (Å²) in [5.74, 6) is 0. The molecule has 0 fully saturated rings. The van der Waals surface area contributed by atoms with Gasteiger partial charge in [-0.2, -0.15) is 0 Å². The van der Waals surface area contributed by atoms with Gasteiger partial charge in [0, 0.05) is 58.4 Å². The molecule has 2 aromatic heterocycles. The maximum absolute atomic E-state index is 6.37. The van der Waals surface area contributed by atoms with Crippen molar-refractivity contribution in [2.24, 2.45) is 0 Å². The van der Waals surface area contributed by atoms with Gasteiger partial charge < -0.3 is 9.32 Å². The predicted octanol–water partition coefficient (Wildman–Crippen LogP) is 15.1. The molecule has 248 valence electrons. The number of anilines is 3. The molecule has 0 aliphatic heterocycles. The minimum Gasteiger partial charge on any atom is -0.455 e. The third-order valence-corrected chi connectivity index (χ3v) is 11.9. The molecule has 2 heterocycles. The second-order valence-corrected chi connectivity index (χ2v) is 14.7. The van der Waals surface area contributed by atoms with E-state index in [0.717, 1.165) is 44.4 Å². The first-order chi connectivity index (χ1) is 26.3. The molecular weight excluding hydrogens is 663 g/mol. The molecule has 9 aromatic carbocycles. The Bertz CT molecular complexity index is 3170. The Hall–Kier alpha value is -6.68. The molecule has 0 aliphatic rings. The van der Waals surface area contributed by atoms with Crippen LogP contribution in [0.2, 0.25) is 0 Å². The van der Waals surface area contributed by atoms with Crippen LogP contribution in [-0.4, -0.2) is 0 Å². The van der Waals surface area contributed by atoms with Gasteiger partial charge in [-0.3, -0.25) is 0 Å². The molecule has 0 spiro atoms. The number of furan rings is 1. The average Bonchev–Trinajstić information content (AvgIpc) is 3.80. The lowest BCUT2D eigenvalue weighted by molar-refractivity contribution is 0.670. The van der Waals surface area contributed by atoms with Gasteiger partial charge >= 0.3 is 0 Å². The lowest BCUT2D eigenvalue weighted by Crippen LogP contribution is -2.11. The lowest BCUT2D eigenvalue weighted by Gasteiger charge is -2.28. The maximum atomic E-state index is 6.37. The highest BCUT2D eigenvalue weighted by Gasteiger charge is 2.21. The van der Waals surface area contributed by atoms with Crippen molar-refractivity contribution >= 4 is 92.1 Å². The molecule has 11 aromatic rings. The molecule has 0 N–H and O–H groups in total. The van der Waals surface area contributed by atoms with Crippen LogP contribution >= 0.6 is 11.3 Å². The number of benzene rings is 9. The third-order valence-electron chi connectivity index (χ3n) is 10.7. The van der Waals surface area contributed by atoms with E-state index in [-0.39, 0.29) is 0 Å². The van der Waals surface area contributed by atoms with E-state index in [4.69, 9.17) is 4.42 Å². The Kier molecular flexibility index (Phi) is 6.76. The van der Waals surface area contributed by atoms with E-state index in [1.54, 1.807) is 0 Å². The molecule has 0 aliphatic carbocycles. The summed E-state index contributed by atoms with van der Waals surface area (Å²) < 4.78 is 8.97. The molecule has 2 nitrogen and oxygen atoms in total. The van der Waals surface area contributed by atoms with E-state index < -0.39 is 0 Å². The first kappa shape index (κ1) is 30.0. The van der Waals surface area contributed by atoms with Gasteiger partial charge in [0.05, 0.1) is 11.4 Å². The normalized spacial score (nSPS) is 11.8. The Morgan fingerprint density at radius 2 is 1.06 bits per heavy atom. The van der Waals surface area contributed by atoms with Crippen LogP contribution in [-0.2, 0) is 0 Å². The van der Waals surface area contributed by atoms with Crippen LogP contribution in [0.4, 0.5) is 17.1 Å². The van der Waals surface area contributed by atoms with Crippen molar-refractivity contribution in [3.8, 4) is 22.3 Å². The predicted molar refractivity (Wildman–Crippen MR) is 227 cm³/mol. The molecule has 0 bridgehead atoms. The molecule has 0 radical (unpaired) electrons. The minimum absolute atomic E-state index is 0.919. The van der Waals surface area contributed by atoms with Gasteiger partial charge in [-0.25, -0.2) is 0 Å². The van der Waals surface area contributed by atoms with E-state index in [0.29, 0.717) is 0 Å². The van der Waals surface area contributed by atoms with E-state index in [1.165, 1.54) is 58.5 Å². The minimum atomic E-state index is 0.919. The summed E-state index contributed by atoms with van der Waals surface area (Å²) >= 11 is 1.88. The SMILES string of the molecule is c1ccc(N(c2cccc3ccccc23)c2cc3c4cc(-c5ccc(-c6cccc7c6oc6ccccc67)cc5)ccc4sc3c3ccccc23)cc1. The van der Waals surface area contributed by atoms with Gasteiger partial charge in [0.2, 0.25) is 0 Å². The third kappa shape index (κ3) is 4.78. The number of para-hydroxylation sites is 3. The fourth-order valence-corrected chi connectivity index (χ4v) is 9.35. The van der Waals surface area contributed by atoms with Crippen LogP contribution in [0.1, 0.15) is 0 Å². The van der Waals surface area contributed by atoms with Crippen molar-refractivity contribution in [1.29, 1.82) is 0 Å². The zero-order valence-corrected chi connectivity index (χ0v) is 29.5. The number of hydrogen-bond donors (Lipinski definition) is 0. The second kappa shape index (κ2) is 11.9. The summed E-state index contributed by atoms with van der Waals surface area (Å²) in [5, 5.41) is 9.80. The summed E-state index contributed by atoms with van der Waals surface area (Å²) in [5.41, 5.74) is 9.97. The molecule has 0 atom stereocenters. The summed E-state index contributed by atoms with van der Waals surface area (Å²) in [6, 6.07) is 67.9. The number of fused-ring (bicyclic) bond motifs is 9. The van der Waals surface area contributed by atoms with Crippen LogP contribution in [0.3, 0.4) is 0 Å². The van der Waals surface area contributed by atoms with Gasteiger partial charge in [-0.05, 0) is 64.5 Å². The van der Waals surface area contributed by atoms with Gasteiger partial charge in [-0.15, -0.1) is 11.3 Å². The molecule has 0 saturated carbocycles. The number of thiophene rings is 1. The topological polar surface area (TPSA) is 16.4 Å². The molecule has 3 heteroatoms. The van der Waals surface area contributed by atoms with Crippen LogP contribution in [0.5, 0.6) is 0 Å². The summed E-state index contributed by atoms with van der Waals surface area (Å²) in [4.78, 5) is 2.44. The highest BCUT2D eigenvalue weighted by Crippen LogP contribution is 2.48. The van der Waals surface area contributed by atoms with Crippen LogP contribution in [0, 0.1) is 0 Å². The monoisotopic (exact) mass is 693 g/mol. The number of rotatable bonds is 5. The molecule has 11 rings (SSSR count). The van der Waals surface area contributed by atoms with Crippen LogP contribution in [0.15, 0.2) is 192 Å². The fourth-order valence-electron chi connectivity index (χ4n) is 8.15. The number of hydrogen-bond acceptors (Lipinski definition) is 3. The zero-order chi connectivity index (χ0) is 34.9.